The molecule has 3 rings (SSSR count). The molecule has 1 N–H and O–H groups in total. The fraction of sp³-hybridized carbons (Fsp3) is 0.529. The number of furan rings is 1. The highest BCUT2D eigenvalue weighted by Gasteiger charge is 2.27. The van der Waals surface area contributed by atoms with Crippen molar-refractivity contribution < 1.29 is 4.42 Å². The second kappa shape index (κ2) is 5.58. The molecular formula is C17H24N2O. The average molecular weight is 272 g/mol. The fourth-order valence-corrected chi connectivity index (χ4v) is 2.66. The van der Waals surface area contributed by atoms with Gasteiger partial charge in [-0.2, -0.15) is 0 Å². The van der Waals surface area contributed by atoms with E-state index in [0.29, 0.717) is 6.04 Å². The van der Waals surface area contributed by atoms with E-state index in [1.807, 2.05) is 6.07 Å². The van der Waals surface area contributed by atoms with Gasteiger partial charge in [-0.25, -0.2) is 0 Å². The van der Waals surface area contributed by atoms with Gasteiger partial charge in [0.25, 0.3) is 0 Å². The van der Waals surface area contributed by atoms with E-state index in [0.717, 1.165) is 30.5 Å². The van der Waals surface area contributed by atoms with E-state index < -0.39 is 0 Å². The van der Waals surface area contributed by atoms with Gasteiger partial charge in [0.1, 0.15) is 11.3 Å². The van der Waals surface area contributed by atoms with Crippen LogP contribution in [0.5, 0.6) is 0 Å². The van der Waals surface area contributed by atoms with E-state index in [9.17, 15) is 0 Å². The molecule has 1 saturated carbocycles. The molecule has 0 saturated heterocycles. The van der Waals surface area contributed by atoms with Crippen molar-refractivity contribution in [3.63, 3.8) is 0 Å². The van der Waals surface area contributed by atoms with Crippen molar-refractivity contribution in [2.75, 3.05) is 7.05 Å². The van der Waals surface area contributed by atoms with Crippen molar-refractivity contribution in [3.05, 3.63) is 35.6 Å². The number of fused-ring (bicyclic) bond motifs is 1. The Morgan fingerprint density at radius 2 is 2.05 bits per heavy atom. The van der Waals surface area contributed by atoms with Gasteiger partial charge in [0.05, 0.1) is 6.54 Å². The minimum atomic E-state index is 0.470. The molecule has 3 nitrogen and oxygen atoms in total. The lowest BCUT2D eigenvalue weighted by Crippen LogP contribution is -2.24. The van der Waals surface area contributed by atoms with Gasteiger partial charge in [0.15, 0.2) is 0 Å². The van der Waals surface area contributed by atoms with Gasteiger partial charge < -0.3 is 9.73 Å². The maximum Gasteiger partial charge on any atom is 0.134 e. The third kappa shape index (κ3) is 2.89. The van der Waals surface area contributed by atoms with E-state index in [1.165, 1.54) is 23.8 Å². The van der Waals surface area contributed by atoms with E-state index in [4.69, 9.17) is 4.42 Å². The molecule has 1 fully saturated rings. The summed E-state index contributed by atoms with van der Waals surface area (Å²) in [6.07, 6.45) is 2.68. The second-order valence-corrected chi connectivity index (χ2v) is 6.18. The Morgan fingerprint density at radius 3 is 2.75 bits per heavy atom. The van der Waals surface area contributed by atoms with E-state index >= 15 is 0 Å². The van der Waals surface area contributed by atoms with Crippen LogP contribution in [0, 0.1) is 0 Å². The van der Waals surface area contributed by atoms with Crippen LogP contribution in [-0.4, -0.2) is 24.0 Å². The summed E-state index contributed by atoms with van der Waals surface area (Å²) in [6, 6.07) is 9.62. The van der Waals surface area contributed by atoms with Gasteiger partial charge in [-0.05, 0) is 26.0 Å². The number of benzene rings is 1. The van der Waals surface area contributed by atoms with Gasteiger partial charge >= 0.3 is 0 Å². The molecule has 1 aliphatic rings. The van der Waals surface area contributed by atoms with E-state index in [2.05, 4.69) is 49.3 Å². The number of hydrogen-bond acceptors (Lipinski definition) is 3. The monoisotopic (exact) mass is 272 g/mol. The smallest absolute Gasteiger partial charge is 0.134 e. The first kappa shape index (κ1) is 13.7. The minimum Gasteiger partial charge on any atom is -0.459 e. The Kier molecular flexibility index (Phi) is 3.81. The molecule has 1 aromatic heterocycles. The molecular weight excluding hydrogens is 248 g/mol. The third-order valence-electron chi connectivity index (χ3n) is 4.03. The van der Waals surface area contributed by atoms with Gasteiger partial charge in [0.2, 0.25) is 0 Å². The average Bonchev–Trinajstić information content (AvgIpc) is 3.21. The van der Waals surface area contributed by atoms with Gasteiger partial charge in [-0.15, -0.1) is 0 Å². The van der Waals surface area contributed by atoms with Crippen LogP contribution >= 0.6 is 0 Å². The molecule has 0 unspecified atom stereocenters. The van der Waals surface area contributed by atoms with Gasteiger partial charge in [-0.3, -0.25) is 4.90 Å². The standard InChI is InChI=1S/C17H24N2O/c1-12(2)18-10-17-15(11-19(3)13-8-9-13)14-6-4-5-7-16(14)20-17/h4-7,12-13,18H,8-11H2,1-3H3. The van der Waals surface area contributed by atoms with Crippen LogP contribution in [-0.2, 0) is 13.1 Å². The van der Waals surface area contributed by atoms with Crippen molar-refractivity contribution in [2.24, 2.45) is 0 Å². The molecule has 0 amide bonds. The van der Waals surface area contributed by atoms with Crippen molar-refractivity contribution in [3.8, 4) is 0 Å². The SMILES string of the molecule is CC(C)NCc1oc2ccccc2c1CN(C)C1CC1. The Morgan fingerprint density at radius 1 is 1.30 bits per heavy atom. The van der Waals surface area contributed by atoms with Gasteiger partial charge in [0, 0.05) is 29.6 Å². The van der Waals surface area contributed by atoms with E-state index in [1.54, 1.807) is 0 Å². The van der Waals surface area contributed by atoms with Crippen LogP contribution in [0.25, 0.3) is 11.0 Å². The molecule has 0 spiro atoms. The Bertz CT molecular complexity index is 584. The maximum atomic E-state index is 6.06. The highest BCUT2D eigenvalue weighted by Crippen LogP contribution is 2.31. The minimum absolute atomic E-state index is 0.470. The molecule has 108 valence electrons. The van der Waals surface area contributed by atoms with Gasteiger partial charge in [-0.1, -0.05) is 32.0 Å². The lowest BCUT2D eigenvalue weighted by atomic mass is 10.1. The summed E-state index contributed by atoms with van der Waals surface area (Å²) in [7, 11) is 2.22. The molecule has 0 radical (unpaired) electrons. The molecule has 2 aromatic rings. The van der Waals surface area contributed by atoms with Crippen LogP contribution in [0.1, 0.15) is 38.0 Å². The van der Waals surface area contributed by atoms with Crippen molar-refractivity contribution in [1.29, 1.82) is 0 Å². The fourth-order valence-electron chi connectivity index (χ4n) is 2.66. The first-order valence-corrected chi connectivity index (χ1v) is 7.58. The molecule has 0 aliphatic heterocycles. The summed E-state index contributed by atoms with van der Waals surface area (Å²) >= 11 is 0. The Hall–Kier alpha value is -1.32. The normalized spacial score (nSPS) is 15.7. The van der Waals surface area contributed by atoms with Crippen LogP contribution in [0.2, 0.25) is 0 Å². The first-order valence-electron chi connectivity index (χ1n) is 7.58. The number of nitrogens with one attached hydrogen (secondary N) is 1. The number of para-hydroxylation sites is 1. The summed E-state index contributed by atoms with van der Waals surface area (Å²) < 4.78 is 6.06. The highest BCUT2D eigenvalue weighted by molar-refractivity contribution is 5.82. The van der Waals surface area contributed by atoms with Crippen molar-refractivity contribution >= 4 is 11.0 Å². The zero-order chi connectivity index (χ0) is 14.1. The maximum absolute atomic E-state index is 6.06. The lowest BCUT2D eigenvalue weighted by Gasteiger charge is -2.16. The lowest BCUT2D eigenvalue weighted by molar-refractivity contribution is 0.313. The summed E-state index contributed by atoms with van der Waals surface area (Å²) in [4.78, 5) is 2.45. The quantitative estimate of drug-likeness (QED) is 0.872. The summed E-state index contributed by atoms with van der Waals surface area (Å²) in [5.74, 6) is 1.09. The number of hydrogen-bond donors (Lipinski definition) is 1. The molecule has 1 heterocycles. The largest absolute Gasteiger partial charge is 0.459 e. The zero-order valence-corrected chi connectivity index (χ0v) is 12.6. The van der Waals surface area contributed by atoms with Crippen LogP contribution < -0.4 is 5.32 Å². The predicted octanol–water partition coefficient (Wildman–Crippen LogP) is 3.53. The van der Waals surface area contributed by atoms with E-state index in [-0.39, 0.29) is 0 Å². The zero-order valence-electron chi connectivity index (χ0n) is 12.6. The predicted molar refractivity (Wildman–Crippen MR) is 82.7 cm³/mol. The molecule has 1 aliphatic carbocycles. The molecule has 20 heavy (non-hydrogen) atoms. The summed E-state index contributed by atoms with van der Waals surface area (Å²) in [6.45, 7) is 6.12. The number of rotatable bonds is 6. The molecule has 0 bridgehead atoms. The van der Waals surface area contributed by atoms with Crippen LogP contribution in [0.4, 0.5) is 0 Å². The summed E-state index contributed by atoms with van der Waals surface area (Å²) in [5.41, 5.74) is 2.36. The highest BCUT2D eigenvalue weighted by atomic mass is 16.3. The van der Waals surface area contributed by atoms with Crippen molar-refractivity contribution in [1.82, 2.24) is 10.2 Å². The summed E-state index contributed by atoms with van der Waals surface area (Å²) in [5, 5.41) is 4.73. The second-order valence-electron chi connectivity index (χ2n) is 6.18. The van der Waals surface area contributed by atoms with Crippen molar-refractivity contribution in [2.45, 2.75) is 51.9 Å². The Balaban J connectivity index is 1.89. The molecule has 1 aromatic carbocycles. The third-order valence-corrected chi connectivity index (χ3v) is 4.03. The first-order chi connectivity index (χ1) is 9.65. The number of nitrogens with zero attached hydrogens (tertiary/aromatic N) is 1. The molecule has 3 heteroatoms. The Labute approximate surface area is 120 Å². The topological polar surface area (TPSA) is 28.4 Å². The molecule has 0 atom stereocenters. The van der Waals surface area contributed by atoms with Crippen LogP contribution in [0.15, 0.2) is 28.7 Å². The van der Waals surface area contributed by atoms with Crippen LogP contribution in [0.3, 0.4) is 0 Å².